The van der Waals surface area contributed by atoms with E-state index < -0.39 is 0 Å². The minimum Gasteiger partial charge on any atom is -0.330 e. The van der Waals surface area contributed by atoms with Crippen molar-refractivity contribution < 1.29 is 0 Å². The molecule has 3 rings (SSSR count). The van der Waals surface area contributed by atoms with Crippen molar-refractivity contribution in [3.8, 4) is 11.3 Å². The van der Waals surface area contributed by atoms with Crippen LogP contribution in [0.1, 0.15) is 5.56 Å². The summed E-state index contributed by atoms with van der Waals surface area (Å²) in [6.45, 7) is 2.07. The van der Waals surface area contributed by atoms with Crippen LogP contribution in [0.3, 0.4) is 0 Å². The van der Waals surface area contributed by atoms with Crippen LogP contribution in [0, 0.1) is 6.92 Å². The third-order valence-corrected chi connectivity index (χ3v) is 4.62. The minimum absolute atomic E-state index is 0.506. The Morgan fingerprint density at radius 3 is 2.57 bits per heavy atom. The molecule has 3 aromatic rings. The first-order valence-electron chi connectivity index (χ1n) is 6.37. The van der Waals surface area contributed by atoms with Gasteiger partial charge < -0.3 is 5.32 Å². The van der Waals surface area contributed by atoms with Gasteiger partial charge in [0.15, 0.2) is 5.13 Å². The van der Waals surface area contributed by atoms with E-state index in [0.29, 0.717) is 10.0 Å². The smallest absolute Gasteiger partial charge is 0.187 e. The molecule has 0 atom stereocenters. The molecule has 1 N–H and O–H groups in total. The lowest BCUT2D eigenvalue weighted by Gasteiger charge is -2.06. The SMILES string of the molecule is Cc1ccc(-c2csc(Nc3cccc(Cl)c3Cl)n2)cc1. The fraction of sp³-hybridized carbons (Fsp3) is 0.0625. The molecule has 106 valence electrons. The molecule has 0 aliphatic carbocycles. The average Bonchev–Trinajstić information content (AvgIpc) is 2.93. The summed E-state index contributed by atoms with van der Waals surface area (Å²) in [7, 11) is 0. The average molecular weight is 335 g/mol. The van der Waals surface area contributed by atoms with Gasteiger partial charge in [-0.2, -0.15) is 0 Å². The quantitative estimate of drug-likeness (QED) is 0.619. The lowest BCUT2D eigenvalue weighted by molar-refractivity contribution is 1.37. The van der Waals surface area contributed by atoms with Gasteiger partial charge in [-0.25, -0.2) is 4.98 Å². The molecule has 0 saturated heterocycles. The molecule has 2 aromatic carbocycles. The Kier molecular flexibility index (Phi) is 4.15. The maximum Gasteiger partial charge on any atom is 0.187 e. The number of anilines is 2. The van der Waals surface area contributed by atoms with Crippen LogP contribution in [-0.2, 0) is 0 Å². The molecule has 21 heavy (non-hydrogen) atoms. The third kappa shape index (κ3) is 3.21. The first-order valence-corrected chi connectivity index (χ1v) is 8.00. The largest absolute Gasteiger partial charge is 0.330 e. The number of nitrogens with one attached hydrogen (secondary N) is 1. The molecule has 1 aromatic heterocycles. The van der Waals surface area contributed by atoms with Crippen LogP contribution >= 0.6 is 34.5 Å². The number of rotatable bonds is 3. The highest BCUT2D eigenvalue weighted by Crippen LogP contribution is 2.33. The van der Waals surface area contributed by atoms with E-state index >= 15 is 0 Å². The summed E-state index contributed by atoms with van der Waals surface area (Å²) < 4.78 is 0. The molecule has 0 radical (unpaired) electrons. The van der Waals surface area contributed by atoms with E-state index in [1.807, 2.05) is 17.5 Å². The Morgan fingerprint density at radius 1 is 1.05 bits per heavy atom. The van der Waals surface area contributed by atoms with Crippen molar-refractivity contribution in [2.45, 2.75) is 6.92 Å². The van der Waals surface area contributed by atoms with Crippen molar-refractivity contribution in [2.24, 2.45) is 0 Å². The lowest BCUT2D eigenvalue weighted by atomic mass is 10.1. The van der Waals surface area contributed by atoms with Crippen LogP contribution in [0.25, 0.3) is 11.3 Å². The second-order valence-electron chi connectivity index (χ2n) is 4.63. The zero-order chi connectivity index (χ0) is 14.8. The predicted molar refractivity (Wildman–Crippen MR) is 92.0 cm³/mol. The molecule has 0 aliphatic rings. The van der Waals surface area contributed by atoms with Crippen molar-refractivity contribution in [3.63, 3.8) is 0 Å². The molecule has 0 aliphatic heterocycles. The fourth-order valence-electron chi connectivity index (χ4n) is 1.90. The highest BCUT2D eigenvalue weighted by Gasteiger charge is 2.08. The monoisotopic (exact) mass is 334 g/mol. The molecule has 0 unspecified atom stereocenters. The molecule has 0 spiro atoms. The molecule has 0 fully saturated rings. The topological polar surface area (TPSA) is 24.9 Å². The molecule has 0 saturated carbocycles. The Bertz CT molecular complexity index is 766. The number of aromatic nitrogens is 1. The molecule has 1 heterocycles. The van der Waals surface area contributed by atoms with Crippen molar-refractivity contribution in [1.82, 2.24) is 4.98 Å². The van der Waals surface area contributed by atoms with E-state index in [1.165, 1.54) is 16.9 Å². The summed E-state index contributed by atoms with van der Waals surface area (Å²) in [4.78, 5) is 4.58. The standard InChI is InChI=1S/C16H12Cl2N2S/c1-10-5-7-11(8-6-10)14-9-21-16(20-14)19-13-4-2-3-12(17)15(13)18/h2-9H,1H3,(H,19,20). The van der Waals surface area contributed by atoms with E-state index in [-0.39, 0.29) is 0 Å². The van der Waals surface area contributed by atoms with Crippen LogP contribution in [0.4, 0.5) is 10.8 Å². The Hall–Kier alpha value is -1.55. The summed E-state index contributed by atoms with van der Waals surface area (Å²) in [6, 6.07) is 13.8. The van der Waals surface area contributed by atoms with Crippen molar-refractivity contribution in [1.29, 1.82) is 0 Å². The van der Waals surface area contributed by atoms with Gasteiger partial charge in [0.2, 0.25) is 0 Å². The van der Waals surface area contributed by atoms with Gasteiger partial charge in [0.05, 0.1) is 21.4 Å². The van der Waals surface area contributed by atoms with E-state index in [9.17, 15) is 0 Å². The van der Waals surface area contributed by atoms with Gasteiger partial charge in [-0.3, -0.25) is 0 Å². The van der Waals surface area contributed by atoms with E-state index in [2.05, 4.69) is 41.5 Å². The number of hydrogen-bond donors (Lipinski definition) is 1. The fourth-order valence-corrected chi connectivity index (χ4v) is 2.98. The molecule has 5 heteroatoms. The van der Waals surface area contributed by atoms with Crippen LogP contribution in [0.15, 0.2) is 47.8 Å². The van der Waals surface area contributed by atoms with E-state index in [1.54, 1.807) is 6.07 Å². The number of thiazole rings is 1. The molecular weight excluding hydrogens is 323 g/mol. The van der Waals surface area contributed by atoms with Crippen molar-refractivity contribution in [2.75, 3.05) is 5.32 Å². The zero-order valence-electron chi connectivity index (χ0n) is 11.2. The Labute approximate surface area is 137 Å². The number of nitrogens with zero attached hydrogens (tertiary/aromatic N) is 1. The summed E-state index contributed by atoms with van der Waals surface area (Å²) in [5, 5.41) is 7.04. The molecule has 2 nitrogen and oxygen atoms in total. The minimum atomic E-state index is 0.506. The summed E-state index contributed by atoms with van der Waals surface area (Å²) in [5.74, 6) is 0. The van der Waals surface area contributed by atoms with E-state index in [0.717, 1.165) is 22.1 Å². The first kappa shape index (κ1) is 14.4. The van der Waals surface area contributed by atoms with Crippen LogP contribution in [0.5, 0.6) is 0 Å². The number of aryl methyl sites for hydroxylation is 1. The van der Waals surface area contributed by atoms with Crippen LogP contribution < -0.4 is 5.32 Å². The number of hydrogen-bond acceptors (Lipinski definition) is 3. The molecule has 0 amide bonds. The Balaban J connectivity index is 1.85. The van der Waals surface area contributed by atoms with Gasteiger partial charge in [0, 0.05) is 10.9 Å². The maximum absolute atomic E-state index is 6.17. The van der Waals surface area contributed by atoms with Crippen LogP contribution in [0.2, 0.25) is 10.0 Å². The van der Waals surface area contributed by atoms with Gasteiger partial charge in [-0.15, -0.1) is 11.3 Å². The van der Waals surface area contributed by atoms with Gasteiger partial charge in [0.25, 0.3) is 0 Å². The molecule has 0 bridgehead atoms. The summed E-state index contributed by atoms with van der Waals surface area (Å²) in [5.41, 5.74) is 4.04. The Morgan fingerprint density at radius 2 is 1.81 bits per heavy atom. The number of benzene rings is 2. The predicted octanol–water partition coefficient (Wildman–Crippen LogP) is 6.17. The highest BCUT2D eigenvalue weighted by atomic mass is 35.5. The van der Waals surface area contributed by atoms with Crippen molar-refractivity contribution in [3.05, 3.63) is 63.5 Å². The highest BCUT2D eigenvalue weighted by molar-refractivity contribution is 7.14. The van der Waals surface area contributed by atoms with Gasteiger partial charge in [0.1, 0.15) is 0 Å². The molecular formula is C16H12Cl2N2S. The van der Waals surface area contributed by atoms with Gasteiger partial charge >= 0.3 is 0 Å². The van der Waals surface area contributed by atoms with Crippen molar-refractivity contribution >= 4 is 45.4 Å². The maximum atomic E-state index is 6.17. The first-order chi connectivity index (χ1) is 10.1. The van der Waals surface area contributed by atoms with E-state index in [4.69, 9.17) is 23.2 Å². The normalized spacial score (nSPS) is 10.6. The van der Waals surface area contributed by atoms with Gasteiger partial charge in [-0.1, -0.05) is 59.1 Å². The van der Waals surface area contributed by atoms with Crippen LogP contribution in [-0.4, -0.2) is 4.98 Å². The number of halogens is 2. The summed E-state index contributed by atoms with van der Waals surface area (Å²) >= 11 is 13.7. The second kappa shape index (κ2) is 6.06. The van der Waals surface area contributed by atoms with Gasteiger partial charge in [-0.05, 0) is 19.1 Å². The summed E-state index contributed by atoms with van der Waals surface area (Å²) in [6.07, 6.45) is 0. The zero-order valence-corrected chi connectivity index (χ0v) is 13.6. The second-order valence-corrected chi connectivity index (χ2v) is 6.27. The lowest BCUT2D eigenvalue weighted by Crippen LogP contribution is -1.91. The third-order valence-electron chi connectivity index (χ3n) is 3.04.